The molecule has 0 atom stereocenters. The van der Waals surface area contributed by atoms with E-state index in [-0.39, 0.29) is 31.9 Å². The molecule has 3 rings (SSSR count). The second-order valence-corrected chi connectivity index (χ2v) is 8.47. The normalized spacial score (nSPS) is 12.7. The Morgan fingerprint density at radius 3 is 2.15 bits per heavy atom. The molecule has 182 valence electrons. The third-order valence-corrected chi connectivity index (χ3v) is 5.79. The molecule has 0 saturated heterocycles. The van der Waals surface area contributed by atoms with Crippen LogP contribution in [0.4, 0.5) is 13.6 Å². The lowest BCUT2D eigenvalue weighted by molar-refractivity contribution is -0.158. The minimum absolute atomic E-state index is 0.0350. The van der Waals surface area contributed by atoms with E-state index in [1.165, 1.54) is 0 Å². The molecule has 0 aromatic heterocycles. The number of fused-ring (bicyclic) bond motifs is 3. The highest BCUT2D eigenvalue weighted by Crippen LogP contribution is 2.44. The van der Waals surface area contributed by atoms with E-state index < -0.39 is 36.5 Å². The van der Waals surface area contributed by atoms with Crippen molar-refractivity contribution in [3.63, 3.8) is 0 Å². The molecule has 0 saturated carbocycles. The lowest BCUT2D eigenvalue weighted by Crippen LogP contribution is -2.52. The number of ether oxygens (including phenoxy) is 1. The highest BCUT2D eigenvalue weighted by Gasteiger charge is 2.43. The lowest BCUT2D eigenvalue weighted by atomic mass is 9.98. The number of halogens is 2. The number of carbonyl (C=O) groups is 3. The SMILES string of the molecule is CC(C)N(CCCC(=O)O)C(=O)C(F)(F)CNC(=O)OCC1c2ccccc2-c2ccccc21. The summed E-state index contributed by atoms with van der Waals surface area (Å²) in [5.74, 6) is -6.61. The molecule has 2 N–H and O–H groups in total. The van der Waals surface area contributed by atoms with Crippen molar-refractivity contribution in [2.75, 3.05) is 19.7 Å². The van der Waals surface area contributed by atoms with Gasteiger partial charge in [-0.3, -0.25) is 9.59 Å². The van der Waals surface area contributed by atoms with Gasteiger partial charge in [-0.2, -0.15) is 8.78 Å². The van der Waals surface area contributed by atoms with Crippen LogP contribution >= 0.6 is 0 Å². The number of nitrogens with zero attached hydrogens (tertiary/aromatic N) is 1. The van der Waals surface area contributed by atoms with Gasteiger partial charge in [0.05, 0.1) is 6.54 Å². The van der Waals surface area contributed by atoms with E-state index in [1.54, 1.807) is 13.8 Å². The number of aliphatic carboxylic acids is 1. The van der Waals surface area contributed by atoms with Gasteiger partial charge in [-0.15, -0.1) is 0 Å². The first-order valence-corrected chi connectivity index (χ1v) is 11.1. The lowest BCUT2D eigenvalue weighted by Gasteiger charge is -2.30. The minimum Gasteiger partial charge on any atom is -0.481 e. The number of amides is 2. The van der Waals surface area contributed by atoms with Crippen LogP contribution in [0, 0.1) is 0 Å². The van der Waals surface area contributed by atoms with Gasteiger partial charge in [0.1, 0.15) is 6.61 Å². The van der Waals surface area contributed by atoms with Crippen LogP contribution in [0.25, 0.3) is 11.1 Å². The molecule has 2 aromatic carbocycles. The van der Waals surface area contributed by atoms with Gasteiger partial charge < -0.3 is 20.1 Å². The van der Waals surface area contributed by atoms with Crippen LogP contribution < -0.4 is 5.32 Å². The van der Waals surface area contributed by atoms with Gasteiger partial charge in [-0.1, -0.05) is 48.5 Å². The summed E-state index contributed by atoms with van der Waals surface area (Å²) in [6.45, 7) is 1.75. The minimum atomic E-state index is -3.86. The Morgan fingerprint density at radius 2 is 1.62 bits per heavy atom. The highest BCUT2D eigenvalue weighted by molar-refractivity contribution is 5.85. The van der Waals surface area contributed by atoms with Crippen LogP contribution in [0.1, 0.15) is 43.7 Å². The van der Waals surface area contributed by atoms with Crippen molar-refractivity contribution in [1.82, 2.24) is 10.2 Å². The van der Waals surface area contributed by atoms with Crippen LogP contribution in [-0.2, 0) is 14.3 Å². The molecule has 34 heavy (non-hydrogen) atoms. The number of alkyl carbamates (subject to hydrolysis) is 1. The quantitative estimate of drug-likeness (QED) is 0.536. The van der Waals surface area contributed by atoms with E-state index in [0.29, 0.717) is 0 Å². The zero-order chi connectivity index (χ0) is 24.9. The summed E-state index contributed by atoms with van der Waals surface area (Å²) in [5.41, 5.74) is 4.07. The molecule has 0 unspecified atom stereocenters. The molecular weight excluding hydrogens is 446 g/mol. The van der Waals surface area contributed by atoms with Crippen LogP contribution in [0.3, 0.4) is 0 Å². The second kappa shape index (κ2) is 10.6. The van der Waals surface area contributed by atoms with Crippen LogP contribution in [0.15, 0.2) is 48.5 Å². The number of hydrogen-bond donors (Lipinski definition) is 2. The molecule has 0 radical (unpaired) electrons. The molecule has 0 heterocycles. The van der Waals surface area contributed by atoms with E-state index in [4.69, 9.17) is 9.84 Å². The molecule has 1 aliphatic rings. The number of carbonyl (C=O) groups excluding carboxylic acids is 2. The average molecular weight is 475 g/mol. The fraction of sp³-hybridized carbons (Fsp3) is 0.400. The van der Waals surface area contributed by atoms with Crippen molar-refractivity contribution >= 4 is 18.0 Å². The Bertz CT molecular complexity index is 1010. The standard InChI is InChI=1S/C25H28F2N2O5/c1-16(2)29(13-7-12-22(30)31)23(32)25(26,27)15-28-24(33)34-14-21-19-10-5-3-8-17(19)18-9-4-6-11-20(18)21/h3-6,8-11,16,21H,7,12-15H2,1-2H3,(H,28,33)(H,30,31). The predicted molar refractivity (Wildman–Crippen MR) is 122 cm³/mol. The van der Waals surface area contributed by atoms with Crippen molar-refractivity contribution in [2.45, 2.75) is 44.6 Å². The Balaban J connectivity index is 1.57. The molecule has 0 fully saturated rings. The van der Waals surface area contributed by atoms with Gasteiger partial charge in [-0.05, 0) is 42.5 Å². The molecule has 7 nitrogen and oxygen atoms in total. The third-order valence-electron chi connectivity index (χ3n) is 5.79. The number of benzene rings is 2. The summed E-state index contributed by atoms with van der Waals surface area (Å²) >= 11 is 0. The Kier molecular flexibility index (Phi) is 7.86. The van der Waals surface area contributed by atoms with Crippen molar-refractivity contribution < 1.29 is 33.0 Å². The number of nitrogens with one attached hydrogen (secondary N) is 1. The maximum absolute atomic E-state index is 14.5. The molecule has 0 bridgehead atoms. The second-order valence-electron chi connectivity index (χ2n) is 8.47. The molecule has 2 aromatic rings. The van der Waals surface area contributed by atoms with Crippen molar-refractivity contribution in [3.05, 3.63) is 59.7 Å². The van der Waals surface area contributed by atoms with Crippen molar-refractivity contribution in [1.29, 1.82) is 0 Å². The molecule has 9 heteroatoms. The van der Waals surface area contributed by atoms with E-state index in [2.05, 4.69) is 0 Å². The van der Waals surface area contributed by atoms with E-state index in [0.717, 1.165) is 27.2 Å². The number of carboxylic acid groups (broad SMARTS) is 1. The summed E-state index contributed by atoms with van der Waals surface area (Å²) in [5, 5.41) is 10.7. The van der Waals surface area contributed by atoms with Gasteiger partial charge >= 0.3 is 18.0 Å². The summed E-state index contributed by atoms with van der Waals surface area (Å²) in [7, 11) is 0. The van der Waals surface area contributed by atoms with E-state index in [1.807, 2.05) is 53.8 Å². The molecule has 1 aliphatic carbocycles. The van der Waals surface area contributed by atoms with Crippen LogP contribution in [0.5, 0.6) is 0 Å². The summed E-state index contributed by atoms with van der Waals surface area (Å²) in [6, 6.07) is 14.9. The maximum Gasteiger partial charge on any atom is 0.407 e. The Labute approximate surface area is 196 Å². The summed E-state index contributed by atoms with van der Waals surface area (Å²) < 4.78 is 34.3. The monoisotopic (exact) mass is 474 g/mol. The summed E-state index contributed by atoms with van der Waals surface area (Å²) in [6.07, 6.45) is -1.23. The maximum atomic E-state index is 14.5. The first-order valence-electron chi connectivity index (χ1n) is 11.1. The number of alkyl halides is 2. The molecule has 0 spiro atoms. The first kappa shape index (κ1) is 25.1. The Hall–Kier alpha value is -3.49. The van der Waals surface area contributed by atoms with Crippen LogP contribution in [-0.4, -0.2) is 59.6 Å². The molecular formula is C25H28F2N2O5. The topological polar surface area (TPSA) is 95.9 Å². The zero-order valence-corrected chi connectivity index (χ0v) is 19.1. The Morgan fingerprint density at radius 1 is 1.06 bits per heavy atom. The van der Waals surface area contributed by atoms with Gasteiger partial charge in [0.25, 0.3) is 5.91 Å². The van der Waals surface area contributed by atoms with Gasteiger partial charge in [0.2, 0.25) is 0 Å². The summed E-state index contributed by atoms with van der Waals surface area (Å²) in [4.78, 5) is 36.2. The molecule has 0 aliphatic heterocycles. The third kappa shape index (κ3) is 5.70. The zero-order valence-electron chi connectivity index (χ0n) is 19.1. The number of hydrogen-bond acceptors (Lipinski definition) is 4. The van der Waals surface area contributed by atoms with Crippen LogP contribution in [0.2, 0.25) is 0 Å². The van der Waals surface area contributed by atoms with Crippen molar-refractivity contribution in [2.24, 2.45) is 0 Å². The van der Waals surface area contributed by atoms with Crippen molar-refractivity contribution in [3.8, 4) is 11.1 Å². The number of rotatable bonds is 10. The van der Waals surface area contributed by atoms with E-state index in [9.17, 15) is 23.2 Å². The predicted octanol–water partition coefficient (Wildman–Crippen LogP) is 4.26. The first-order chi connectivity index (χ1) is 16.1. The fourth-order valence-electron chi connectivity index (χ4n) is 4.11. The van der Waals surface area contributed by atoms with Gasteiger partial charge in [0.15, 0.2) is 0 Å². The average Bonchev–Trinajstić information content (AvgIpc) is 3.12. The largest absolute Gasteiger partial charge is 0.481 e. The highest BCUT2D eigenvalue weighted by atomic mass is 19.3. The van der Waals surface area contributed by atoms with Gasteiger partial charge in [0, 0.05) is 24.9 Å². The fourth-order valence-corrected chi connectivity index (χ4v) is 4.11. The smallest absolute Gasteiger partial charge is 0.407 e. The van der Waals surface area contributed by atoms with Gasteiger partial charge in [-0.25, -0.2) is 4.79 Å². The number of carboxylic acids is 1. The van der Waals surface area contributed by atoms with E-state index >= 15 is 0 Å². The molecule has 2 amide bonds.